The molecule has 2 amide bonds. The zero-order valence-corrected chi connectivity index (χ0v) is 21.6. The Labute approximate surface area is 226 Å². The van der Waals surface area contributed by atoms with Gasteiger partial charge in [-0.1, -0.05) is 19.9 Å². The van der Waals surface area contributed by atoms with E-state index in [9.17, 15) is 28.0 Å². The molecule has 0 spiro atoms. The molecule has 0 radical (unpaired) electrons. The van der Waals surface area contributed by atoms with Crippen LogP contribution >= 0.6 is 0 Å². The molecule has 0 unspecified atom stereocenters. The number of rotatable bonds is 5. The number of pyridine rings is 1. The van der Waals surface area contributed by atoms with Crippen molar-refractivity contribution in [3.8, 4) is 28.6 Å². The Morgan fingerprint density at radius 1 is 1.10 bits per heavy atom. The average molecular weight is 546 g/mol. The lowest BCUT2D eigenvalue weighted by molar-refractivity contribution is -0.138. The number of halogens is 3. The van der Waals surface area contributed by atoms with Crippen molar-refractivity contribution in [1.29, 1.82) is 5.26 Å². The highest BCUT2D eigenvalue weighted by Crippen LogP contribution is 2.40. The first-order valence-corrected chi connectivity index (χ1v) is 12.2. The van der Waals surface area contributed by atoms with E-state index >= 15 is 0 Å². The maximum Gasteiger partial charge on any atom is 0.416 e. The molecule has 2 aromatic carbocycles. The zero-order valence-electron chi connectivity index (χ0n) is 21.6. The number of carbonyl (C=O) groups is 2. The van der Waals surface area contributed by atoms with Crippen LogP contribution in [-0.4, -0.2) is 31.6 Å². The molecule has 0 saturated heterocycles. The highest BCUT2D eigenvalue weighted by molar-refractivity contribution is 6.10. The minimum atomic E-state index is -4.64. The molecule has 1 N–H and O–H groups in total. The summed E-state index contributed by atoms with van der Waals surface area (Å²) in [7, 11) is 1.75. The molecule has 40 heavy (non-hydrogen) atoms. The second-order valence-electron chi connectivity index (χ2n) is 9.60. The van der Waals surface area contributed by atoms with Crippen molar-refractivity contribution in [2.24, 2.45) is 13.0 Å². The molecule has 1 aliphatic rings. The van der Waals surface area contributed by atoms with Gasteiger partial charge in [-0.2, -0.15) is 18.4 Å². The van der Waals surface area contributed by atoms with Crippen molar-refractivity contribution in [3.63, 3.8) is 0 Å². The van der Waals surface area contributed by atoms with Gasteiger partial charge in [0.15, 0.2) is 5.82 Å². The molecule has 12 heteroatoms. The molecule has 1 aliphatic heterocycles. The monoisotopic (exact) mass is 545 g/mol. The Morgan fingerprint density at radius 2 is 1.88 bits per heavy atom. The van der Waals surface area contributed by atoms with Crippen molar-refractivity contribution < 1.29 is 22.8 Å². The lowest BCUT2D eigenvalue weighted by atomic mass is 9.97. The van der Waals surface area contributed by atoms with E-state index in [1.165, 1.54) is 18.5 Å². The molecule has 4 aromatic rings. The number of amides is 2. The fraction of sp³-hybridized carbons (Fsp3) is 0.214. The van der Waals surface area contributed by atoms with Crippen molar-refractivity contribution >= 4 is 23.5 Å². The molecular formula is C28H22F3N7O2. The van der Waals surface area contributed by atoms with Crippen LogP contribution in [0.2, 0.25) is 0 Å². The normalized spacial score (nSPS) is 12.9. The number of nitrogens with zero attached hydrogens (tertiary/aromatic N) is 6. The number of nitrogens with one attached hydrogen (secondary N) is 1. The van der Waals surface area contributed by atoms with Crippen LogP contribution in [0.3, 0.4) is 0 Å². The molecule has 3 heterocycles. The van der Waals surface area contributed by atoms with E-state index in [0.29, 0.717) is 28.1 Å². The molecule has 0 atom stereocenters. The van der Waals surface area contributed by atoms with Gasteiger partial charge in [-0.05, 0) is 59.2 Å². The standard InChI is InChI=1S/C28H22F3N7O2/c1-15(2)26(39)35-23-10-17(20-9-16(12-32)7-8-18(20)25-36-33-14-37(25)3)11-24(34-23)38-13-21-19(27(38)40)5-4-6-22(21)28(29,30)31/h4-11,14-15H,13H2,1-3H3,(H,34,35,39). The van der Waals surface area contributed by atoms with E-state index < -0.39 is 23.6 Å². The molecule has 0 fully saturated rings. The van der Waals surface area contributed by atoms with Gasteiger partial charge in [0.25, 0.3) is 5.91 Å². The summed E-state index contributed by atoms with van der Waals surface area (Å²) >= 11 is 0. The van der Waals surface area contributed by atoms with Crippen molar-refractivity contribution in [1.82, 2.24) is 19.7 Å². The molecule has 9 nitrogen and oxygen atoms in total. The van der Waals surface area contributed by atoms with E-state index in [1.807, 2.05) is 0 Å². The smallest absolute Gasteiger partial charge is 0.317 e. The summed E-state index contributed by atoms with van der Waals surface area (Å²) in [6, 6.07) is 13.6. The lowest BCUT2D eigenvalue weighted by Gasteiger charge is -2.19. The van der Waals surface area contributed by atoms with E-state index in [1.54, 1.807) is 55.8 Å². The fourth-order valence-corrected chi connectivity index (χ4v) is 4.50. The zero-order chi connectivity index (χ0) is 28.8. The summed E-state index contributed by atoms with van der Waals surface area (Å²) in [5, 5.41) is 20.4. The highest BCUT2D eigenvalue weighted by atomic mass is 19.4. The van der Waals surface area contributed by atoms with Crippen molar-refractivity contribution in [3.05, 3.63) is 77.1 Å². The topological polar surface area (TPSA) is 117 Å². The maximum absolute atomic E-state index is 13.7. The Morgan fingerprint density at radius 3 is 2.52 bits per heavy atom. The first-order chi connectivity index (χ1) is 19.0. The minimum absolute atomic E-state index is 0.0390. The molecule has 5 rings (SSSR count). The second-order valence-corrected chi connectivity index (χ2v) is 9.60. The maximum atomic E-state index is 13.7. The number of carbonyl (C=O) groups excluding carboxylic acids is 2. The van der Waals surface area contributed by atoms with Gasteiger partial charge < -0.3 is 9.88 Å². The highest BCUT2D eigenvalue weighted by Gasteiger charge is 2.40. The molecule has 0 aliphatic carbocycles. The number of hydrogen-bond donors (Lipinski definition) is 1. The number of anilines is 2. The van der Waals surface area contributed by atoms with Crippen LogP contribution in [0, 0.1) is 17.2 Å². The van der Waals surface area contributed by atoms with E-state index in [2.05, 4.69) is 26.6 Å². The number of alkyl halides is 3. The van der Waals surface area contributed by atoms with Gasteiger partial charge in [-0.15, -0.1) is 10.2 Å². The second kappa shape index (κ2) is 9.92. The predicted molar refractivity (Wildman–Crippen MR) is 140 cm³/mol. The van der Waals surface area contributed by atoms with Gasteiger partial charge in [0.1, 0.15) is 18.0 Å². The number of hydrogen-bond acceptors (Lipinski definition) is 6. The third-order valence-electron chi connectivity index (χ3n) is 6.55. The SMILES string of the molecule is CC(C)C(=O)Nc1cc(-c2cc(C#N)ccc2-c2nncn2C)cc(N2Cc3c(cccc3C(F)(F)F)C2=O)n1. The van der Waals surface area contributed by atoms with Crippen LogP contribution in [-0.2, 0) is 24.6 Å². The first kappa shape index (κ1) is 26.6. The third kappa shape index (κ3) is 4.77. The minimum Gasteiger partial charge on any atom is -0.317 e. The first-order valence-electron chi connectivity index (χ1n) is 12.2. The molecule has 0 saturated carbocycles. The summed E-state index contributed by atoms with van der Waals surface area (Å²) in [5.41, 5.74) is 0.820. The van der Waals surface area contributed by atoms with Gasteiger partial charge in [-0.3, -0.25) is 14.5 Å². The van der Waals surface area contributed by atoms with Gasteiger partial charge in [-0.25, -0.2) is 4.98 Å². The van der Waals surface area contributed by atoms with Gasteiger partial charge in [0.2, 0.25) is 5.91 Å². The summed E-state index contributed by atoms with van der Waals surface area (Å²) in [4.78, 5) is 31.5. The fourth-order valence-electron chi connectivity index (χ4n) is 4.50. The van der Waals surface area contributed by atoms with E-state index in [4.69, 9.17) is 0 Å². The molecule has 202 valence electrons. The predicted octanol–water partition coefficient (Wildman–Crippen LogP) is 5.19. The molecule has 0 bridgehead atoms. The Hall–Kier alpha value is -5.05. The van der Waals surface area contributed by atoms with E-state index in [-0.39, 0.29) is 35.2 Å². The van der Waals surface area contributed by atoms with Crippen LogP contribution in [0.4, 0.5) is 24.8 Å². The Balaban J connectivity index is 1.69. The number of fused-ring (bicyclic) bond motifs is 1. The third-order valence-corrected chi connectivity index (χ3v) is 6.55. The Kier molecular flexibility index (Phi) is 6.59. The molecule has 2 aromatic heterocycles. The van der Waals surface area contributed by atoms with Gasteiger partial charge in [0.05, 0.1) is 23.7 Å². The van der Waals surface area contributed by atoms with Crippen LogP contribution in [0.15, 0.2) is 54.9 Å². The van der Waals surface area contributed by atoms with E-state index in [0.717, 1.165) is 11.0 Å². The number of nitriles is 1. The quantitative estimate of drug-likeness (QED) is 0.369. The van der Waals surface area contributed by atoms with Crippen molar-refractivity contribution in [2.45, 2.75) is 26.6 Å². The van der Waals surface area contributed by atoms with Gasteiger partial charge >= 0.3 is 6.18 Å². The number of aryl methyl sites for hydroxylation is 1. The van der Waals surface area contributed by atoms with Crippen LogP contribution in [0.1, 0.15) is 40.9 Å². The van der Waals surface area contributed by atoms with Crippen molar-refractivity contribution in [2.75, 3.05) is 10.2 Å². The van der Waals surface area contributed by atoms with Crippen LogP contribution in [0.5, 0.6) is 0 Å². The lowest BCUT2D eigenvalue weighted by Crippen LogP contribution is -2.25. The number of aromatic nitrogens is 4. The number of benzene rings is 2. The van der Waals surface area contributed by atoms with Gasteiger partial charge in [0, 0.05) is 24.1 Å². The summed E-state index contributed by atoms with van der Waals surface area (Å²) in [6.45, 7) is 3.04. The summed E-state index contributed by atoms with van der Waals surface area (Å²) in [6.07, 6.45) is -3.13. The van der Waals surface area contributed by atoms with Crippen LogP contribution in [0.25, 0.3) is 22.5 Å². The Bertz CT molecular complexity index is 1700. The average Bonchev–Trinajstić information content (AvgIpc) is 3.50. The molecular weight excluding hydrogens is 523 g/mol. The van der Waals surface area contributed by atoms with Crippen LogP contribution < -0.4 is 10.2 Å². The largest absolute Gasteiger partial charge is 0.416 e. The summed E-state index contributed by atoms with van der Waals surface area (Å²) < 4.78 is 42.8. The summed E-state index contributed by atoms with van der Waals surface area (Å²) in [5.74, 6) is -0.756.